The van der Waals surface area contributed by atoms with E-state index in [1.807, 2.05) is 60.8 Å². The highest BCUT2D eigenvalue weighted by atomic mass is 35.5. The van der Waals surface area contributed by atoms with Gasteiger partial charge in [-0.05, 0) is 37.1 Å². The minimum atomic E-state index is -0.361. The maximum Gasteiger partial charge on any atom is 0.218 e. The van der Waals surface area contributed by atoms with E-state index < -0.39 is 0 Å². The minimum absolute atomic E-state index is 0.361. The van der Waals surface area contributed by atoms with E-state index in [1.165, 1.54) is 12.5 Å². The second-order valence-electron chi connectivity index (χ2n) is 5.23. The molecule has 0 unspecified atom stereocenters. The zero-order chi connectivity index (χ0) is 17.0. The van der Waals surface area contributed by atoms with Gasteiger partial charge in [0.25, 0.3) is 0 Å². The van der Waals surface area contributed by atoms with Crippen molar-refractivity contribution >= 4 is 28.8 Å². The number of imidazole rings is 1. The van der Waals surface area contributed by atoms with Gasteiger partial charge in [0.1, 0.15) is 17.0 Å². The van der Waals surface area contributed by atoms with Gasteiger partial charge in [-0.2, -0.15) is 0 Å². The summed E-state index contributed by atoms with van der Waals surface area (Å²) in [4.78, 5) is 25.2. The Kier molecular flexibility index (Phi) is 5.29. The van der Waals surface area contributed by atoms with Gasteiger partial charge in [0.05, 0.1) is 0 Å². The van der Waals surface area contributed by atoms with Crippen LogP contribution in [0.1, 0.15) is 28.5 Å². The number of hydrogen-bond acceptors (Lipinski definition) is 3. The molecule has 23 heavy (non-hydrogen) atoms. The van der Waals surface area contributed by atoms with Gasteiger partial charge in [0, 0.05) is 18.7 Å². The lowest BCUT2D eigenvalue weighted by Crippen LogP contribution is -1.93. The average Bonchev–Trinajstić information content (AvgIpc) is 2.85. The molecule has 0 saturated carbocycles. The summed E-state index contributed by atoms with van der Waals surface area (Å²) >= 11 is 4.64. The third-order valence-electron chi connectivity index (χ3n) is 3.24. The van der Waals surface area contributed by atoms with Crippen LogP contribution >= 0.6 is 11.6 Å². The van der Waals surface area contributed by atoms with E-state index >= 15 is 0 Å². The number of rotatable bonds is 2. The van der Waals surface area contributed by atoms with Crippen LogP contribution < -0.4 is 0 Å². The Balaban J connectivity index is 0.000000433. The summed E-state index contributed by atoms with van der Waals surface area (Å²) in [6.45, 7) is 5.33. The Bertz CT molecular complexity index is 847. The number of aldehydes is 1. The molecule has 4 nitrogen and oxygen atoms in total. The van der Waals surface area contributed by atoms with Crippen LogP contribution in [0.3, 0.4) is 0 Å². The molecular weight excluding hydrogens is 312 g/mol. The normalized spacial score (nSPS) is 10.1. The first kappa shape index (κ1) is 16.9. The maximum absolute atomic E-state index is 11.4. The molecule has 5 heteroatoms. The summed E-state index contributed by atoms with van der Waals surface area (Å²) < 4.78 is 1.84. The van der Waals surface area contributed by atoms with Gasteiger partial charge in [0.15, 0.2) is 6.29 Å². The second-order valence-corrected chi connectivity index (χ2v) is 5.77. The number of halogens is 1. The fraction of sp³-hybridized carbons (Fsp3) is 0.167. The van der Waals surface area contributed by atoms with Crippen LogP contribution in [-0.2, 0) is 4.79 Å². The molecule has 0 atom stereocenters. The molecular formula is C18H17ClN2O2. The standard InChI is InChI=1S/C16H14N2O.C2H3ClO/c1-11-3-6-13(7-4-11)16-14(10-19)18-9-12(2)5-8-15(18)17-16;1-2(3)4/h3-10H,1-2H3;1H3. The monoisotopic (exact) mass is 328 g/mol. The summed E-state index contributed by atoms with van der Waals surface area (Å²) in [5, 5.41) is -0.361. The van der Waals surface area contributed by atoms with Crippen molar-refractivity contribution in [2.24, 2.45) is 0 Å². The number of hydrogen-bond donors (Lipinski definition) is 0. The lowest BCUT2D eigenvalue weighted by atomic mass is 10.1. The number of aryl methyl sites for hydroxylation is 2. The van der Waals surface area contributed by atoms with Gasteiger partial charge in [-0.25, -0.2) is 4.98 Å². The fourth-order valence-electron chi connectivity index (χ4n) is 2.21. The second kappa shape index (κ2) is 7.20. The molecule has 0 aliphatic heterocycles. The van der Waals surface area contributed by atoms with Crippen molar-refractivity contribution in [2.45, 2.75) is 20.8 Å². The zero-order valence-corrected chi connectivity index (χ0v) is 14.0. The van der Waals surface area contributed by atoms with E-state index in [0.717, 1.165) is 28.8 Å². The van der Waals surface area contributed by atoms with E-state index in [2.05, 4.69) is 16.6 Å². The Morgan fingerprint density at radius 3 is 2.22 bits per heavy atom. The van der Waals surface area contributed by atoms with E-state index in [1.54, 1.807) is 0 Å². The Hall–Kier alpha value is -2.46. The number of carbonyl (C=O) groups is 2. The first-order valence-electron chi connectivity index (χ1n) is 7.09. The molecule has 0 amide bonds. The van der Waals surface area contributed by atoms with Crippen molar-refractivity contribution in [3.05, 3.63) is 59.4 Å². The van der Waals surface area contributed by atoms with Gasteiger partial charge < -0.3 is 0 Å². The molecule has 3 aromatic rings. The zero-order valence-electron chi connectivity index (χ0n) is 13.2. The molecule has 0 N–H and O–H groups in total. The van der Waals surface area contributed by atoms with Crippen molar-refractivity contribution < 1.29 is 9.59 Å². The first-order chi connectivity index (χ1) is 10.9. The Labute approximate surface area is 139 Å². The van der Waals surface area contributed by atoms with Gasteiger partial charge in [-0.15, -0.1) is 0 Å². The van der Waals surface area contributed by atoms with Gasteiger partial charge in [-0.1, -0.05) is 35.9 Å². The highest BCUT2D eigenvalue weighted by Gasteiger charge is 2.13. The van der Waals surface area contributed by atoms with E-state index in [0.29, 0.717) is 5.69 Å². The van der Waals surface area contributed by atoms with E-state index in [4.69, 9.17) is 0 Å². The molecule has 0 aliphatic rings. The number of nitrogens with zero attached hydrogens (tertiary/aromatic N) is 2. The molecule has 2 aromatic heterocycles. The molecule has 3 rings (SSSR count). The predicted octanol–water partition coefficient (Wildman–Crippen LogP) is 4.20. The third kappa shape index (κ3) is 4.05. The van der Waals surface area contributed by atoms with Crippen LogP contribution in [-0.4, -0.2) is 20.9 Å². The Morgan fingerprint density at radius 1 is 1.09 bits per heavy atom. The molecule has 1 aromatic carbocycles. The van der Waals surface area contributed by atoms with Crippen LogP contribution in [0.25, 0.3) is 16.9 Å². The maximum atomic E-state index is 11.4. The van der Waals surface area contributed by atoms with Crippen LogP contribution in [0, 0.1) is 13.8 Å². The lowest BCUT2D eigenvalue weighted by molar-refractivity contribution is -0.109. The predicted molar refractivity (Wildman–Crippen MR) is 92.0 cm³/mol. The summed E-state index contributed by atoms with van der Waals surface area (Å²) in [6.07, 6.45) is 2.80. The first-order valence-corrected chi connectivity index (χ1v) is 7.47. The van der Waals surface area contributed by atoms with Crippen molar-refractivity contribution in [3.8, 4) is 11.3 Å². The Morgan fingerprint density at radius 2 is 1.65 bits per heavy atom. The molecule has 0 saturated heterocycles. The number of fused-ring (bicyclic) bond motifs is 1. The summed E-state index contributed by atoms with van der Waals surface area (Å²) in [6, 6.07) is 12.0. The van der Waals surface area contributed by atoms with Crippen molar-refractivity contribution in [1.82, 2.24) is 9.38 Å². The molecule has 0 bridgehead atoms. The van der Waals surface area contributed by atoms with E-state index in [9.17, 15) is 9.59 Å². The number of carbonyl (C=O) groups excluding carboxylic acids is 2. The summed E-state index contributed by atoms with van der Waals surface area (Å²) in [7, 11) is 0. The number of aromatic nitrogens is 2. The quantitative estimate of drug-likeness (QED) is 0.523. The van der Waals surface area contributed by atoms with Gasteiger partial charge in [0.2, 0.25) is 5.24 Å². The smallest absolute Gasteiger partial charge is 0.218 e. The number of benzene rings is 1. The van der Waals surface area contributed by atoms with Crippen molar-refractivity contribution in [1.29, 1.82) is 0 Å². The van der Waals surface area contributed by atoms with E-state index in [-0.39, 0.29) is 5.24 Å². The summed E-state index contributed by atoms with van der Waals surface area (Å²) in [5.41, 5.74) is 5.39. The highest BCUT2D eigenvalue weighted by molar-refractivity contribution is 6.62. The van der Waals surface area contributed by atoms with Crippen LogP contribution in [0.5, 0.6) is 0 Å². The molecule has 118 valence electrons. The molecule has 2 heterocycles. The van der Waals surface area contributed by atoms with Crippen molar-refractivity contribution in [2.75, 3.05) is 0 Å². The van der Waals surface area contributed by atoms with Crippen molar-refractivity contribution in [3.63, 3.8) is 0 Å². The summed E-state index contributed by atoms with van der Waals surface area (Å²) in [5.74, 6) is 0. The van der Waals surface area contributed by atoms with Gasteiger partial charge in [-0.3, -0.25) is 14.0 Å². The SMILES string of the molecule is CC(=O)Cl.Cc1ccc(-c2nc3ccc(C)cn3c2C=O)cc1. The highest BCUT2D eigenvalue weighted by Crippen LogP contribution is 2.24. The molecule has 0 spiro atoms. The topological polar surface area (TPSA) is 51.4 Å². The van der Waals surface area contributed by atoms with Gasteiger partial charge >= 0.3 is 0 Å². The molecule has 0 aliphatic carbocycles. The fourth-order valence-corrected chi connectivity index (χ4v) is 2.21. The molecule has 0 fully saturated rings. The van der Waals surface area contributed by atoms with Crippen LogP contribution in [0.15, 0.2) is 42.6 Å². The third-order valence-corrected chi connectivity index (χ3v) is 3.24. The molecule has 0 radical (unpaired) electrons. The number of pyridine rings is 1. The average molecular weight is 329 g/mol. The van der Waals surface area contributed by atoms with Crippen LogP contribution in [0.4, 0.5) is 0 Å². The van der Waals surface area contributed by atoms with Crippen LogP contribution in [0.2, 0.25) is 0 Å². The largest absolute Gasteiger partial charge is 0.296 e. The minimum Gasteiger partial charge on any atom is -0.296 e. The lowest BCUT2D eigenvalue weighted by Gasteiger charge is -2.00.